The number of Topliss-reactive ketones (excluding diaryl/α,β-unsaturated/α-hetero) is 1. The minimum absolute atomic E-state index is 0.0633. The summed E-state index contributed by atoms with van der Waals surface area (Å²) in [4.78, 5) is 28.4. The number of aromatic nitrogens is 2. The van der Waals surface area contributed by atoms with Crippen LogP contribution in [0.4, 0.5) is 9.52 Å². The van der Waals surface area contributed by atoms with Gasteiger partial charge in [-0.25, -0.2) is 4.39 Å². The lowest BCUT2D eigenvalue weighted by atomic mass is 9.93. The molecule has 1 amide bonds. The third kappa shape index (κ3) is 5.55. The molecule has 1 atom stereocenters. The number of anilines is 1. The monoisotopic (exact) mass is 591 g/mol. The van der Waals surface area contributed by atoms with E-state index in [1.165, 1.54) is 43.0 Å². The summed E-state index contributed by atoms with van der Waals surface area (Å²) < 4.78 is 24.7. The molecule has 1 saturated heterocycles. The van der Waals surface area contributed by atoms with Crippen molar-refractivity contribution in [3.05, 3.63) is 99.9 Å². The summed E-state index contributed by atoms with van der Waals surface area (Å²) in [5.41, 5.74) is 3.45. The second kappa shape index (κ2) is 11.7. The van der Waals surface area contributed by atoms with E-state index < -0.39 is 17.7 Å². The molecule has 1 aromatic heterocycles. The van der Waals surface area contributed by atoms with Crippen LogP contribution in [0.1, 0.15) is 33.9 Å². The maximum Gasteiger partial charge on any atom is 0.301 e. The molecule has 2 heterocycles. The average Bonchev–Trinajstić information content (AvgIpc) is 3.55. The van der Waals surface area contributed by atoms with Gasteiger partial charge in [-0.2, -0.15) is 0 Å². The van der Waals surface area contributed by atoms with Gasteiger partial charge < -0.3 is 14.6 Å². The highest BCUT2D eigenvalue weighted by atomic mass is 32.2. The van der Waals surface area contributed by atoms with E-state index in [0.29, 0.717) is 32.7 Å². The lowest BCUT2D eigenvalue weighted by molar-refractivity contribution is -0.132. The number of ether oxygens (including phenoxy) is 2. The number of carbonyl (C=O) groups is 2. The maximum atomic E-state index is 13.6. The number of benzene rings is 3. The van der Waals surface area contributed by atoms with E-state index in [-0.39, 0.29) is 22.3 Å². The summed E-state index contributed by atoms with van der Waals surface area (Å²) in [6.07, 6.45) is 0. The Labute approximate surface area is 244 Å². The van der Waals surface area contributed by atoms with Gasteiger partial charge in [0.1, 0.15) is 11.6 Å². The van der Waals surface area contributed by atoms with E-state index in [1.54, 1.807) is 36.4 Å². The molecule has 0 aliphatic carbocycles. The molecular formula is C30H26FN3O5S2. The Kier molecular flexibility index (Phi) is 8.09. The van der Waals surface area contributed by atoms with Crippen molar-refractivity contribution in [1.82, 2.24) is 10.2 Å². The summed E-state index contributed by atoms with van der Waals surface area (Å²) >= 11 is 2.53. The summed E-state index contributed by atoms with van der Waals surface area (Å²) in [6, 6.07) is 15.7. The average molecular weight is 592 g/mol. The molecule has 210 valence electrons. The number of hydrogen-bond acceptors (Lipinski definition) is 9. The van der Waals surface area contributed by atoms with E-state index in [1.807, 2.05) is 26.0 Å². The van der Waals surface area contributed by atoms with Crippen LogP contribution in [0.5, 0.6) is 11.5 Å². The van der Waals surface area contributed by atoms with Crippen molar-refractivity contribution < 1.29 is 28.6 Å². The predicted octanol–water partition coefficient (Wildman–Crippen LogP) is 6.23. The summed E-state index contributed by atoms with van der Waals surface area (Å²) in [7, 11) is 3.00. The molecule has 11 heteroatoms. The van der Waals surface area contributed by atoms with Crippen molar-refractivity contribution in [2.24, 2.45) is 0 Å². The Morgan fingerprint density at radius 3 is 2.44 bits per heavy atom. The van der Waals surface area contributed by atoms with Crippen molar-refractivity contribution in [3.63, 3.8) is 0 Å². The summed E-state index contributed by atoms with van der Waals surface area (Å²) in [5, 5.41) is 20.2. The number of nitrogens with zero attached hydrogens (tertiary/aromatic N) is 3. The fraction of sp³-hybridized carbons (Fsp3) is 0.200. The first-order valence-corrected chi connectivity index (χ1v) is 14.3. The number of rotatable bonds is 8. The van der Waals surface area contributed by atoms with Gasteiger partial charge in [-0.05, 0) is 60.9 Å². The van der Waals surface area contributed by atoms with Crippen LogP contribution >= 0.6 is 23.1 Å². The number of amides is 1. The number of methoxy groups -OCH3 is 2. The van der Waals surface area contributed by atoms with E-state index in [4.69, 9.17) is 9.47 Å². The third-order valence-corrected chi connectivity index (χ3v) is 8.82. The van der Waals surface area contributed by atoms with Gasteiger partial charge in [-0.1, -0.05) is 59.0 Å². The van der Waals surface area contributed by atoms with Gasteiger partial charge in [0, 0.05) is 11.3 Å². The number of aliphatic hydroxyl groups excluding tert-OH is 1. The van der Waals surface area contributed by atoms with E-state index in [9.17, 15) is 19.1 Å². The lowest BCUT2D eigenvalue weighted by Gasteiger charge is -2.23. The number of halogens is 1. The Hall–Kier alpha value is -4.22. The molecule has 0 radical (unpaired) electrons. The quantitative estimate of drug-likeness (QED) is 0.0846. The Balaban J connectivity index is 1.60. The molecular weight excluding hydrogens is 565 g/mol. The van der Waals surface area contributed by atoms with Crippen molar-refractivity contribution in [2.75, 3.05) is 19.1 Å². The van der Waals surface area contributed by atoms with Crippen LogP contribution in [-0.4, -0.2) is 41.2 Å². The highest BCUT2D eigenvalue weighted by Gasteiger charge is 2.48. The van der Waals surface area contributed by atoms with Gasteiger partial charge in [0.15, 0.2) is 15.8 Å². The fourth-order valence-electron chi connectivity index (χ4n) is 4.59. The first-order valence-electron chi connectivity index (χ1n) is 12.5. The maximum absolute atomic E-state index is 13.6. The molecule has 1 unspecified atom stereocenters. The van der Waals surface area contributed by atoms with Crippen molar-refractivity contribution in [3.8, 4) is 11.5 Å². The molecule has 0 bridgehead atoms. The molecule has 41 heavy (non-hydrogen) atoms. The number of hydrogen-bond donors (Lipinski definition) is 1. The Bertz CT molecular complexity index is 1670. The molecule has 1 aliphatic rings. The first kappa shape index (κ1) is 28.3. The highest BCUT2D eigenvalue weighted by molar-refractivity contribution is 8.00. The smallest absolute Gasteiger partial charge is 0.301 e. The van der Waals surface area contributed by atoms with Gasteiger partial charge in [-0.3, -0.25) is 14.5 Å². The molecule has 4 aromatic rings. The highest BCUT2D eigenvalue weighted by Crippen LogP contribution is 2.46. The molecule has 8 nitrogen and oxygen atoms in total. The Morgan fingerprint density at radius 1 is 1.00 bits per heavy atom. The van der Waals surface area contributed by atoms with Crippen molar-refractivity contribution in [1.29, 1.82) is 0 Å². The zero-order chi connectivity index (χ0) is 29.3. The number of carbonyl (C=O) groups excluding carboxylic acids is 2. The van der Waals surface area contributed by atoms with Gasteiger partial charge >= 0.3 is 5.91 Å². The topological polar surface area (TPSA) is 102 Å². The van der Waals surface area contributed by atoms with Gasteiger partial charge in [0.2, 0.25) is 5.13 Å². The van der Waals surface area contributed by atoms with Gasteiger partial charge in [0.25, 0.3) is 5.78 Å². The second-order valence-electron chi connectivity index (χ2n) is 9.37. The second-order valence-corrected chi connectivity index (χ2v) is 11.5. The summed E-state index contributed by atoms with van der Waals surface area (Å²) in [6.45, 7) is 3.71. The number of ketones is 1. The first-order chi connectivity index (χ1) is 19.7. The van der Waals surface area contributed by atoms with Crippen molar-refractivity contribution in [2.45, 2.75) is 30.0 Å². The zero-order valence-electron chi connectivity index (χ0n) is 22.7. The molecule has 1 aliphatic heterocycles. The van der Waals surface area contributed by atoms with Crippen LogP contribution < -0.4 is 14.4 Å². The normalized spacial score (nSPS) is 16.3. The zero-order valence-corrected chi connectivity index (χ0v) is 24.3. The van der Waals surface area contributed by atoms with Crippen LogP contribution in [0.25, 0.3) is 5.76 Å². The van der Waals surface area contributed by atoms with Crippen molar-refractivity contribution >= 4 is 45.7 Å². The van der Waals surface area contributed by atoms with E-state index in [2.05, 4.69) is 10.2 Å². The fourth-order valence-corrected chi connectivity index (χ4v) is 6.41. The standard InChI is InChI=1S/C30H26FN3O5S2/c1-16-5-6-17(2)21(13-16)26(35)24-25(19-9-12-22(38-3)23(14-19)39-4)34(28(37)27(24)36)29-32-33-30(41-29)40-15-18-7-10-20(31)11-8-18/h5-14,25,35H,15H2,1-4H3. The van der Waals surface area contributed by atoms with Crippen LogP contribution in [-0.2, 0) is 15.3 Å². The van der Waals surface area contributed by atoms with Crippen LogP contribution in [0, 0.1) is 19.7 Å². The van der Waals surface area contributed by atoms with Crippen LogP contribution in [0.15, 0.2) is 70.6 Å². The molecule has 1 N–H and O–H groups in total. The molecule has 5 rings (SSSR count). The SMILES string of the molecule is COc1ccc(C2C(=C(O)c3cc(C)ccc3C)C(=O)C(=O)N2c2nnc(SCc3ccc(F)cc3)s2)cc1OC. The molecule has 1 fully saturated rings. The molecule has 3 aromatic carbocycles. The Morgan fingerprint density at radius 2 is 1.73 bits per heavy atom. The molecule has 0 spiro atoms. The minimum Gasteiger partial charge on any atom is -0.507 e. The van der Waals surface area contributed by atoms with Gasteiger partial charge in [-0.15, -0.1) is 10.2 Å². The number of aryl methyl sites for hydroxylation is 2. The largest absolute Gasteiger partial charge is 0.507 e. The number of aliphatic hydroxyl groups is 1. The molecule has 0 saturated carbocycles. The van der Waals surface area contributed by atoms with Crippen LogP contribution in [0.2, 0.25) is 0 Å². The lowest BCUT2D eigenvalue weighted by Crippen LogP contribution is -2.29. The summed E-state index contributed by atoms with van der Waals surface area (Å²) in [5.74, 6) is -0.875. The van der Waals surface area contributed by atoms with E-state index >= 15 is 0 Å². The van der Waals surface area contributed by atoms with Crippen LogP contribution in [0.3, 0.4) is 0 Å². The number of thioether (sulfide) groups is 1. The predicted molar refractivity (Wildman–Crippen MR) is 156 cm³/mol. The van der Waals surface area contributed by atoms with Gasteiger partial charge in [0.05, 0.1) is 25.8 Å². The van der Waals surface area contributed by atoms with E-state index in [0.717, 1.165) is 28.0 Å². The third-order valence-electron chi connectivity index (χ3n) is 6.69. The minimum atomic E-state index is -1.00.